The average molecular weight is 228 g/mol. The number of carbonyl (C=O) groups excluding carboxylic acids is 2. The molecular formula is C11H16O5. The minimum Gasteiger partial charge on any atom is -0.459 e. The van der Waals surface area contributed by atoms with Crippen LogP contribution in [-0.4, -0.2) is 31.3 Å². The predicted octanol–water partition coefficient (Wildman–Crippen LogP) is 1.18. The highest BCUT2D eigenvalue weighted by Gasteiger charge is 2.25. The molecule has 0 N–H and O–H groups in total. The highest BCUT2D eigenvalue weighted by molar-refractivity contribution is 5.88. The van der Waals surface area contributed by atoms with Crippen LogP contribution in [0.25, 0.3) is 0 Å². The van der Waals surface area contributed by atoms with Crippen molar-refractivity contribution in [2.45, 2.75) is 33.3 Å². The Morgan fingerprint density at radius 3 is 2.44 bits per heavy atom. The first kappa shape index (κ1) is 12.7. The van der Waals surface area contributed by atoms with Crippen LogP contribution in [0.3, 0.4) is 0 Å². The number of rotatable bonds is 5. The van der Waals surface area contributed by atoms with Crippen LogP contribution >= 0.6 is 0 Å². The Bertz CT molecular complexity index is 314. The van der Waals surface area contributed by atoms with E-state index in [0.29, 0.717) is 24.4 Å². The Morgan fingerprint density at radius 1 is 1.38 bits per heavy atom. The van der Waals surface area contributed by atoms with Crippen molar-refractivity contribution in [3.63, 3.8) is 0 Å². The second-order valence-corrected chi connectivity index (χ2v) is 3.55. The Balaban J connectivity index is 2.54. The van der Waals surface area contributed by atoms with Gasteiger partial charge in [-0.1, -0.05) is 6.92 Å². The molecule has 0 spiro atoms. The van der Waals surface area contributed by atoms with Gasteiger partial charge in [0.15, 0.2) is 0 Å². The molecule has 16 heavy (non-hydrogen) atoms. The molecule has 1 saturated heterocycles. The molecule has 1 heterocycles. The first-order chi connectivity index (χ1) is 7.54. The fraction of sp³-hybridized carbons (Fsp3) is 0.636. The third kappa shape index (κ3) is 4.02. The van der Waals surface area contributed by atoms with Crippen molar-refractivity contribution in [3.05, 3.63) is 11.3 Å². The van der Waals surface area contributed by atoms with Gasteiger partial charge >= 0.3 is 11.9 Å². The monoisotopic (exact) mass is 228 g/mol. The molecule has 0 aliphatic carbocycles. The summed E-state index contributed by atoms with van der Waals surface area (Å²) >= 11 is 0. The van der Waals surface area contributed by atoms with E-state index >= 15 is 0 Å². The van der Waals surface area contributed by atoms with Gasteiger partial charge in [0, 0.05) is 13.3 Å². The van der Waals surface area contributed by atoms with Crippen molar-refractivity contribution >= 4 is 11.9 Å². The summed E-state index contributed by atoms with van der Waals surface area (Å²) in [7, 11) is 0. The smallest absolute Gasteiger partial charge is 0.337 e. The fourth-order valence-corrected chi connectivity index (χ4v) is 1.14. The second kappa shape index (κ2) is 5.65. The molecule has 5 nitrogen and oxygen atoms in total. The summed E-state index contributed by atoms with van der Waals surface area (Å²) < 4.78 is 14.8. The van der Waals surface area contributed by atoms with Gasteiger partial charge in [-0.05, 0) is 6.92 Å². The highest BCUT2D eigenvalue weighted by atomic mass is 16.6. The number of epoxide rings is 1. The average Bonchev–Trinajstić information content (AvgIpc) is 3.05. The summed E-state index contributed by atoms with van der Waals surface area (Å²) in [6.45, 7) is 5.58. The topological polar surface area (TPSA) is 65.1 Å². The van der Waals surface area contributed by atoms with Crippen LogP contribution in [0.5, 0.6) is 0 Å². The normalized spacial score (nSPS) is 19.8. The number of hydrogen-bond acceptors (Lipinski definition) is 5. The maximum atomic E-state index is 11.5. The van der Waals surface area contributed by atoms with Crippen LogP contribution in [0.15, 0.2) is 11.3 Å². The molecule has 0 radical (unpaired) electrons. The number of esters is 2. The maximum absolute atomic E-state index is 11.5. The minimum absolute atomic E-state index is 0.0375. The summed E-state index contributed by atoms with van der Waals surface area (Å²) in [5.41, 5.74) is 0.332. The van der Waals surface area contributed by atoms with E-state index < -0.39 is 11.9 Å². The summed E-state index contributed by atoms with van der Waals surface area (Å²) in [5, 5.41) is 0. The quantitative estimate of drug-likeness (QED) is 0.306. The molecule has 90 valence electrons. The lowest BCUT2D eigenvalue weighted by Crippen LogP contribution is -2.13. The molecule has 0 aromatic carbocycles. The fourth-order valence-electron chi connectivity index (χ4n) is 1.14. The van der Waals surface area contributed by atoms with Gasteiger partial charge in [0.1, 0.15) is 18.5 Å². The molecule has 1 unspecified atom stereocenters. The van der Waals surface area contributed by atoms with Crippen LogP contribution < -0.4 is 0 Å². The second-order valence-electron chi connectivity index (χ2n) is 3.55. The minimum atomic E-state index is -0.464. The van der Waals surface area contributed by atoms with Gasteiger partial charge in [0.25, 0.3) is 0 Å². The lowest BCUT2D eigenvalue weighted by molar-refractivity contribution is -0.140. The molecule has 0 amide bonds. The van der Waals surface area contributed by atoms with Crippen LogP contribution in [0, 0.1) is 0 Å². The van der Waals surface area contributed by atoms with Crippen molar-refractivity contribution in [2.24, 2.45) is 0 Å². The Hall–Kier alpha value is -1.36. The summed E-state index contributed by atoms with van der Waals surface area (Å²) in [6, 6.07) is 0. The molecule has 1 fully saturated rings. The maximum Gasteiger partial charge on any atom is 0.337 e. The van der Waals surface area contributed by atoms with Crippen LogP contribution in [0.4, 0.5) is 0 Å². The molecule has 1 atom stereocenters. The summed E-state index contributed by atoms with van der Waals surface area (Å²) in [5.74, 6) is -0.544. The summed E-state index contributed by atoms with van der Waals surface area (Å²) in [4.78, 5) is 22.3. The largest absolute Gasteiger partial charge is 0.459 e. The number of carbonyl (C=O) groups is 2. The van der Waals surface area contributed by atoms with Gasteiger partial charge in [-0.3, -0.25) is 4.79 Å². The van der Waals surface area contributed by atoms with Crippen molar-refractivity contribution in [1.29, 1.82) is 0 Å². The Labute approximate surface area is 94.4 Å². The van der Waals surface area contributed by atoms with E-state index in [4.69, 9.17) is 14.2 Å². The van der Waals surface area contributed by atoms with Gasteiger partial charge in [0.05, 0.1) is 12.2 Å². The molecule has 0 aromatic heterocycles. The zero-order valence-electron chi connectivity index (χ0n) is 9.74. The summed E-state index contributed by atoms with van der Waals surface area (Å²) in [6.07, 6.45) is 0.510. The van der Waals surface area contributed by atoms with Crippen molar-refractivity contribution < 1.29 is 23.8 Å². The zero-order valence-corrected chi connectivity index (χ0v) is 9.74. The molecule has 1 aliphatic rings. The van der Waals surface area contributed by atoms with Crippen LogP contribution in [0.2, 0.25) is 0 Å². The lowest BCUT2D eigenvalue weighted by Gasteiger charge is -2.09. The Morgan fingerprint density at radius 2 is 2.00 bits per heavy atom. The molecular weight excluding hydrogens is 212 g/mol. The van der Waals surface area contributed by atoms with E-state index in [1.165, 1.54) is 6.92 Å². The first-order valence-corrected chi connectivity index (χ1v) is 5.21. The highest BCUT2D eigenvalue weighted by Crippen LogP contribution is 2.14. The van der Waals surface area contributed by atoms with Gasteiger partial charge in [-0.25, -0.2) is 4.79 Å². The SMILES string of the molecule is CCC(OC(C)=O)=C(C)C(=O)OCC1CO1. The van der Waals surface area contributed by atoms with Gasteiger partial charge in [0.2, 0.25) is 0 Å². The Kier molecular flexibility index (Phi) is 4.49. The van der Waals surface area contributed by atoms with E-state index in [9.17, 15) is 9.59 Å². The molecule has 5 heteroatoms. The van der Waals surface area contributed by atoms with E-state index in [0.717, 1.165) is 0 Å². The van der Waals surface area contributed by atoms with E-state index in [-0.39, 0.29) is 12.7 Å². The van der Waals surface area contributed by atoms with Crippen molar-refractivity contribution in [3.8, 4) is 0 Å². The zero-order chi connectivity index (χ0) is 12.1. The molecule has 1 rings (SSSR count). The molecule has 0 aromatic rings. The third-order valence-corrected chi connectivity index (χ3v) is 2.12. The van der Waals surface area contributed by atoms with E-state index in [1.54, 1.807) is 13.8 Å². The number of ether oxygens (including phenoxy) is 3. The lowest BCUT2D eigenvalue weighted by atomic mass is 10.2. The van der Waals surface area contributed by atoms with E-state index in [1.807, 2.05) is 0 Å². The van der Waals surface area contributed by atoms with Gasteiger partial charge < -0.3 is 14.2 Å². The van der Waals surface area contributed by atoms with Gasteiger partial charge in [-0.2, -0.15) is 0 Å². The van der Waals surface area contributed by atoms with Crippen LogP contribution in [-0.2, 0) is 23.8 Å². The molecule has 1 aliphatic heterocycles. The van der Waals surface area contributed by atoms with Gasteiger partial charge in [-0.15, -0.1) is 0 Å². The number of allylic oxidation sites excluding steroid dienone is 1. The standard InChI is InChI=1S/C11H16O5/c1-4-10(16-8(3)12)7(2)11(13)15-6-9-5-14-9/h9H,4-6H2,1-3H3. The first-order valence-electron chi connectivity index (χ1n) is 5.21. The van der Waals surface area contributed by atoms with Crippen LogP contribution in [0.1, 0.15) is 27.2 Å². The molecule has 0 saturated carbocycles. The van der Waals surface area contributed by atoms with E-state index in [2.05, 4.69) is 0 Å². The van der Waals surface area contributed by atoms with Crippen molar-refractivity contribution in [1.82, 2.24) is 0 Å². The molecule has 0 bridgehead atoms. The van der Waals surface area contributed by atoms with Crippen molar-refractivity contribution in [2.75, 3.05) is 13.2 Å². The number of hydrogen-bond donors (Lipinski definition) is 0. The predicted molar refractivity (Wildman–Crippen MR) is 55.5 cm³/mol. The third-order valence-electron chi connectivity index (χ3n) is 2.12.